The van der Waals surface area contributed by atoms with Crippen LogP contribution >= 0.6 is 0 Å². The summed E-state index contributed by atoms with van der Waals surface area (Å²) < 4.78 is 1.91. The summed E-state index contributed by atoms with van der Waals surface area (Å²) >= 11 is 0. The third-order valence-corrected chi connectivity index (χ3v) is 5.42. The van der Waals surface area contributed by atoms with Crippen LogP contribution in [0.3, 0.4) is 0 Å². The molecule has 2 aromatic heterocycles. The van der Waals surface area contributed by atoms with Crippen LogP contribution in [-0.2, 0) is 19.9 Å². The van der Waals surface area contributed by atoms with E-state index in [1.165, 1.54) is 5.56 Å². The Morgan fingerprint density at radius 2 is 2.09 bits per heavy atom. The minimum atomic E-state index is 0.0783. The highest BCUT2D eigenvalue weighted by Crippen LogP contribution is 2.37. The molecule has 1 aliphatic carbocycles. The standard InChI is InChI=1S/C17H23N5O/c1-10-15(11(2)21(3)20-10)14-8-5-9-22(14)17(23)16-12-6-4-7-13(12)18-19-16/h14H,4-9H2,1-3H3,(H,18,19). The molecule has 0 spiro atoms. The Morgan fingerprint density at radius 3 is 2.83 bits per heavy atom. The third kappa shape index (κ3) is 2.11. The number of carbonyl (C=O) groups is 1. The van der Waals surface area contributed by atoms with E-state index in [0.29, 0.717) is 5.69 Å². The molecule has 6 nitrogen and oxygen atoms in total. The topological polar surface area (TPSA) is 66.8 Å². The normalized spacial score (nSPS) is 20.3. The lowest BCUT2D eigenvalue weighted by Gasteiger charge is -2.25. The molecular formula is C17H23N5O. The quantitative estimate of drug-likeness (QED) is 0.924. The molecule has 0 aromatic carbocycles. The second-order valence-corrected chi connectivity index (χ2v) is 6.75. The van der Waals surface area contributed by atoms with E-state index in [0.717, 1.165) is 61.3 Å². The first-order valence-electron chi connectivity index (χ1n) is 8.45. The average molecular weight is 313 g/mol. The maximum absolute atomic E-state index is 13.1. The molecule has 0 saturated carbocycles. The van der Waals surface area contributed by atoms with Gasteiger partial charge in [-0.15, -0.1) is 0 Å². The second kappa shape index (κ2) is 5.22. The monoisotopic (exact) mass is 313 g/mol. The van der Waals surface area contributed by atoms with Crippen molar-refractivity contribution in [2.45, 2.75) is 52.0 Å². The number of carbonyl (C=O) groups excluding carboxylic acids is 1. The number of aryl methyl sites for hydroxylation is 3. The van der Waals surface area contributed by atoms with E-state index in [4.69, 9.17) is 0 Å². The summed E-state index contributed by atoms with van der Waals surface area (Å²) in [4.78, 5) is 15.1. The molecule has 6 heteroatoms. The lowest BCUT2D eigenvalue weighted by Crippen LogP contribution is -2.32. The number of likely N-dealkylation sites (tertiary alicyclic amines) is 1. The van der Waals surface area contributed by atoms with Gasteiger partial charge in [-0.05, 0) is 46.0 Å². The van der Waals surface area contributed by atoms with Crippen molar-refractivity contribution in [3.05, 3.63) is 33.9 Å². The van der Waals surface area contributed by atoms with Crippen LogP contribution in [0.15, 0.2) is 0 Å². The Kier molecular flexibility index (Phi) is 3.28. The maximum atomic E-state index is 13.1. The van der Waals surface area contributed by atoms with Crippen LogP contribution in [0.4, 0.5) is 0 Å². The van der Waals surface area contributed by atoms with E-state index in [1.807, 2.05) is 23.6 Å². The van der Waals surface area contributed by atoms with Gasteiger partial charge >= 0.3 is 0 Å². The van der Waals surface area contributed by atoms with E-state index in [-0.39, 0.29) is 11.9 Å². The maximum Gasteiger partial charge on any atom is 0.275 e. The Balaban J connectivity index is 1.69. The number of nitrogens with one attached hydrogen (secondary N) is 1. The number of aromatic nitrogens is 4. The van der Waals surface area contributed by atoms with Crippen LogP contribution in [0.25, 0.3) is 0 Å². The SMILES string of the molecule is Cc1nn(C)c(C)c1C1CCCN1C(=O)c1n[nH]c2c1CCC2. The number of H-pyrrole nitrogens is 1. The van der Waals surface area contributed by atoms with Crippen molar-refractivity contribution in [3.63, 3.8) is 0 Å². The first-order valence-corrected chi connectivity index (χ1v) is 8.45. The van der Waals surface area contributed by atoms with Gasteiger partial charge in [-0.3, -0.25) is 14.6 Å². The molecule has 23 heavy (non-hydrogen) atoms. The molecule has 0 bridgehead atoms. The van der Waals surface area contributed by atoms with Crippen molar-refractivity contribution in [3.8, 4) is 0 Å². The Hall–Kier alpha value is -2.11. The number of hydrogen-bond acceptors (Lipinski definition) is 3. The zero-order valence-corrected chi connectivity index (χ0v) is 14.0. The molecule has 2 aliphatic rings. The van der Waals surface area contributed by atoms with E-state index < -0.39 is 0 Å². The summed E-state index contributed by atoms with van der Waals surface area (Å²) in [5.41, 5.74) is 6.33. The lowest BCUT2D eigenvalue weighted by molar-refractivity contribution is 0.0728. The van der Waals surface area contributed by atoms with E-state index in [9.17, 15) is 4.79 Å². The minimum absolute atomic E-state index is 0.0783. The van der Waals surface area contributed by atoms with Crippen LogP contribution in [0.5, 0.6) is 0 Å². The van der Waals surface area contributed by atoms with Gasteiger partial charge in [0, 0.05) is 36.1 Å². The van der Waals surface area contributed by atoms with Gasteiger partial charge in [0.05, 0.1) is 11.7 Å². The molecule has 1 N–H and O–H groups in total. The molecular weight excluding hydrogens is 290 g/mol. The molecule has 122 valence electrons. The van der Waals surface area contributed by atoms with Gasteiger partial charge in [0.2, 0.25) is 0 Å². The largest absolute Gasteiger partial charge is 0.330 e. The number of fused-ring (bicyclic) bond motifs is 1. The first-order chi connectivity index (χ1) is 11.1. The van der Waals surface area contributed by atoms with Crippen molar-refractivity contribution >= 4 is 5.91 Å². The minimum Gasteiger partial charge on any atom is -0.330 e. The molecule has 1 amide bonds. The predicted octanol–water partition coefficient (Wildman–Crippen LogP) is 2.23. The molecule has 3 heterocycles. The zero-order chi connectivity index (χ0) is 16.1. The van der Waals surface area contributed by atoms with Crippen LogP contribution in [0, 0.1) is 13.8 Å². The van der Waals surface area contributed by atoms with Gasteiger partial charge in [-0.2, -0.15) is 10.2 Å². The summed E-state index contributed by atoms with van der Waals surface area (Å²) in [6.45, 7) is 4.93. The highest BCUT2D eigenvalue weighted by atomic mass is 16.2. The number of aromatic amines is 1. The summed E-state index contributed by atoms with van der Waals surface area (Å²) in [5, 5.41) is 11.9. The predicted molar refractivity (Wildman–Crippen MR) is 86.3 cm³/mol. The molecule has 1 fully saturated rings. The number of hydrogen-bond donors (Lipinski definition) is 1. The first kappa shape index (κ1) is 14.5. The van der Waals surface area contributed by atoms with E-state index in [2.05, 4.69) is 22.2 Å². The van der Waals surface area contributed by atoms with Gasteiger partial charge < -0.3 is 4.90 Å². The van der Waals surface area contributed by atoms with Crippen molar-refractivity contribution in [1.82, 2.24) is 24.9 Å². The van der Waals surface area contributed by atoms with Crippen LogP contribution in [-0.4, -0.2) is 37.3 Å². The number of amides is 1. The van der Waals surface area contributed by atoms with Gasteiger partial charge in [0.25, 0.3) is 5.91 Å². The smallest absolute Gasteiger partial charge is 0.275 e. The Labute approximate surface area is 135 Å². The average Bonchev–Trinajstić information content (AvgIpc) is 3.24. The Morgan fingerprint density at radius 1 is 1.26 bits per heavy atom. The van der Waals surface area contributed by atoms with Gasteiger partial charge in [-0.1, -0.05) is 0 Å². The van der Waals surface area contributed by atoms with E-state index >= 15 is 0 Å². The number of rotatable bonds is 2. The van der Waals surface area contributed by atoms with Gasteiger partial charge in [0.15, 0.2) is 5.69 Å². The fourth-order valence-electron chi connectivity index (χ4n) is 4.21. The van der Waals surface area contributed by atoms with Gasteiger partial charge in [0.1, 0.15) is 0 Å². The van der Waals surface area contributed by atoms with Crippen LogP contribution in [0.2, 0.25) is 0 Å². The fourth-order valence-corrected chi connectivity index (χ4v) is 4.21. The fraction of sp³-hybridized carbons (Fsp3) is 0.588. The van der Waals surface area contributed by atoms with Gasteiger partial charge in [-0.25, -0.2) is 0 Å². The third-order valence-electron chi connectivity index (χ3n) is 5.42. The van der Waals surface area contributed by atoms with Crippen molar-refractivity contribution in [2.24, 2.45) is 7.05 Å². The summed E-state index contributed by atoms with van der Waals surface area (Å²) in [5.74, 6) is 0.0783. The molecule has 0 radical (unpaired) electrons. The van der Waals surface area contributed by atoms with Crippen LogP contribution < -0.4 is 0 Å². The molecule has 2 aromatic rings. The molecule has 1 unspecified atom stereocenters. The lowest BCUT2D eigenvalue weighted by atomic mass is 10.0. The van der Waals surface area contributed by atoms with E-state index in [1.54, 1.807) is 0 Å². The van der Waals surface area contributed by atoms with Crippen molar-refractivity contribution in [2.75, 3.05) is 6.54 Å². The molecule has 1 saturated heterocycles. The Bertz CT molecular complexity index is 772. The molecule has 4 rings (SSSR count). The summed E-state index contributed by atoms with van der Waals surface area (Å²) in [6.07, 6.45) is 5.15. The highest BCUT2D eigenvalue weighted by Gasteiger charge is 2.36. The molecule has 1 aliphatic heterocycles. The summed E-state index contributed by atoms with van der Waals surface area (Å²) in [6, 6.07) is 0.130. The highest BCUT2D eigenvalue weighted by molar-refractivity contribution is 5.94. The molecule has 1 atom stereocenters. The second-order valence-electron chi connectivity index (χ2n) is 6.75. The van der Waals surface area contributed by atoms with Crippen LogP contribution in [0.1, 0.15) is 64.0 Å². The summed E-state index contributed by atoms with van der Waals surface area (Å²) in [7, 11) is 1.97. The zero-order valence-electron chi connectivity index (χ0n) is 14.0. The number of nitrogens with zero attached hydrogens (tertiary/aromatic N) is 4. The van der Waals surface area contributed by atoms with Crippen molar-refractivity contribution in [1.29, 1.82) is 0 Å². The van der Waals surface area contributed by atoms with Crippen molar-refractivity contribution < 1.29 is 4.79 Å².